The monoisotopic (exact) mass is 289 g/mol. The Balaban J connectivity index is 2.93. The molecule has 1 rings (SSSR count). The van der Waals surface area contributed by atoms with Crippen molar-refractivity contribution in [3.05, 3.63) is 32.3 Å². The summed E-state index contributed by atoms with van der Waals surface area (Å²) in [6.07, 6.45) is 0. The zero-order chi connectivity index (χ0) is 12.1. The summed E-state index contributed by atoms with van der Waals surface area (Å²) >= 11 is 3.31. The van der Waals surface area contributed by atoms with Gasteiger partial charge < -0.3 is 9.47 Å². The first-order valence-electron chi connectivity index (χ1n) is 4.71. The minimum atomic E-state index is -0.451. The lowest BCUT2D eigenvalue weighted by molar-refractivity contribution is -0.385. The van der Waals surface area contributed by atoms with Crippen LogP contribution in [-0.4, -0.2) is 18.3 Å². The molecule has 0 aliphatic rings. The molecule has 0 atom stereocenters. The van der Waals surface area contributed by atoms with E-state index in [9.17, 15) is 10.1 Å². The van der Waals surface area contributed by atoms with Gasteiger partial charge in [-0.25, -0.2) is 0 Å². The van der Waals surface area contributed by atoms with Gasteiger partial charge in [-0.15, -0.1) is 0 Å². The first kappa shape index (κ1) is 12.9. The second-order valence-corrected chi connectivity index (χ2v) is 3.88. The maximum absolute atomic E-state index is 10.7. The van der Waals surface area contributed by atoms with E-state index in [4.69, 9.17) is 9.47 Å². The Morgan fingerprint density at radius 3 is 2.75 bits per heavy atom. The summed E-state index contributed by atoms with van der Waals surface area (Å²) in [5.74, 6) is 0.417. The van der Waals surface area contributed by atoms with Crippen LogP contribution in [0.4, 0.5) is 5.69 Å². The normalized spacial score (nSPS) is 10.2. The fourth-order valence-corrected chi connectivity index (χ4v) is 1.46. The number of nitro groups is 1. The van der Waals surface area contributed by atoms with E-state index in [1.54, 1.807) is 6.92 Å². The zero-order valence-corrected chi connectivity index (χ0v) is 10.6. The molecule has 1 aromatic rings. The molecule has 88 valence electrons. The number of rotatable bonds is 5. The van der Waals surface area contributed by atoms with E-state index in [-0.39, 0.29) is 12.5 Å². The zero-order valence-electron chi connectivity index (χ0n) is 9.03. The Morgan fingerprint density at radius 2 is 2.19 bits per heavy atom. The summed E-state index contributed by atoms with van der Waals surface area (Å²) in [6.45, 7) is 4.23. The van der Waals surface area contributed by atoms with E-state index in [1.807, 2.05) is 6.92 Å². The molecule has 0 aliphatic heterocycles. The third-order valence-electron chi connectivity index (χ3n) is 1.92. The predicted octanol–water partition coefficient (Wildman–Crippen LogP) is 3.04. The van der Waals surface area contributed by atoms with Crippen LogP contribution in [0, 0.1) is 17.0 Å². The molecule has 6 heteroatoms. The lowest BCUT2D eigenvalue weighted by Crippen LogP contribution is -2.03. The lowest BCUT2D eigenvalue weighted by atomic mass is 10.2. The first-order valence-corrected chi connectivity index (χ1v) is 5.50. The van der Waals surface area contributed by atoms with Crippen LogP contribution in [0.1, 0.15) is 12.5 Å². The van der Waals surface area contributed by atoms with E-state index in [1.165, 1.54) is 12.1 Å². The Hall–Kier alpha value is -1.14. The number of hydrogen-bond donors (Lipinski definition) is 0. The van der Waals surface area contributed by atoms with Gasteiger partial charge in [0.05, 0.1) is 15.5 Å². The molecule has 0 unspecified atom stereocenters. The minimum absolute atomic E-state index is 0.00667. The Morgan fingerprint density at radius 1 is 1.50 bits per heavy atom. The fraction of sp³-hybridized carbons (Fsp3) is 0.400. The van der Waals surface area contributed by atoms with Crippen LogP contribution in [0.15, 0.2) is 16.6 Å². The summed E-state index contributed by atoms with van der Waals surface area (Å²) in [7, 11) is 0. The van der Waals surface area contributed by atoms with Crippen molar-refractivity contribution in [1.82, 2.24) is 0 Å². The van der Waals surface area contributed by atoms with Gasteiger partial charge in [-0.05, 0) is 35.3 Å². The highest BCUT2D eigenvalue weighted by Gasteiger charge is 2.13. The number of aryl methyl sites for hydroxylation is 1. The highest BCUT2D eigenvalue weighted by Crippen LogP contribution is 2.32. The molecule has 0 heterocycles. The van der Waals surface area contributed by atoms with Crippen LogP contribution in [0.3, 0.4) is 0 Å². The number of ether oxygens (including phenoxy) is 2. The molecular formula is C10H12BrNO4. The van der Waals surface area contributed by atoms with Gasteiger partial charge in [0.15, 0.2) is 6.79 Å². The Labute approximate surface area is 102 Å². The number of nitrogens with zero attached hydrogens (tertiary/aromatic N) is 1. The Bertz CT molecular complexity index is 395. The van der Waals surface area contributed by atoms with Crippen LogP contribution in [0.2, 0.25) is 0 Å². The van der Waals surface area contributed by atoms with Crippen LogP contribution >= 0.6 is 15.9 Å². The molecule has 16 heavy (non-hydrogen) atoms. The molecule has 5 nitrogen and oxygen atoms in total. The number of hydrogen-bond acceptors (Lipinski definition) is 4. The number of non-ortho nitro benzene ring substituents is 1. The van der Waals surface area contributed by atoms with Gasteiger partial charge in [0.2, 0.25) is 0 Å². The second kappa shape index (κ2) is 5.81. The van der Waals surface area contributed by atoms with Gasteiger partial charge in [-0.3, -0.25) is 10.1 Å². The van der Waals surface area contributed by atoms with Crippen LogP contribution in [0.5, 0.6) is 5.75 Å². The predicted molar refractivity (Wildman–Crippen MR) is 62.7 cm³/mol. The maximum Gasteiger partial charge on any atom is 0.273 e. The Kier molecular flexibility index (Phi) is 4.70. The molecule has 0 bridgehead atoms. The molecule has 0 saturated heterocycles. The lowest BCUT2D eigenvalue weighted by Gasteiger charge is -2.09. The summed E-state index contributed by atoms with van der Waals surface area (Å²) in [6, 6.07) is 2.85. The van der Waals surface area contributed by atoms with Gasteiger partial charge in [0, 0.05) is 12.7 Å². The molecule has 0 radical (unpaired) electrons. The van der Waals surface area contributed by atoms with E-state index in [0.29, 0.717) is 16.8 Å². The number of nitro benzene ring substituents is 1. The molecule has 0 aromatic heterocycles. The van der Waals surface area contributed by atoms with E-state index in [2.05, 4.69) is 15.9 Å². The topological polar surface area (TPSA) is 61.6 Å². The molecule has 0 spiro atoms. The fourth-order valence-electron chi connectivity index (χ4n) is 1.12. The van der Waals surface area contributed by atoms with Crippen LogP contribution in [0.25, 0.3) is 0 Å². The van der Waals surface area contributed by atoms with Gasteiger partial charge in [-0.2, -0.15) is 0 Å². The average Bonchev–Trinajstić information content (AvgIpc) is 2.24. The summed E-state index contributed by atoms with van der Waals surface area (Å²) < 4.78 is 11.0. The standard InChI is InChI=1S/C10H12BrNO4/c1-3-15-6-16-9-5-8(12(13)14)4-7(2)10(9)11/h4-5H,3,6H2,1-2H3. The van der Waals surface area contributed by atoms with Crippen molar-refractivity contribution in [1.29, 1.82) is 0 Å². The molecule has 0 fully saturated rings. The van der Waals surface area contributed by atoms with E-state index in [0.717, 1.165) is 5.56 Å². The quantitative estimate of drug-likeness (QED) is 0.362. The van der Waals surface area contributed by atoms with Crippen molar-refractivity contribution in [3.63, 3.8) is 0 Å². The third-order valence-corrected chi connectivity index (χ3v) is 2.93. The van der Waals surface area contributed by atoms with E-state index >= 15 is 0 Å². The maximum atomic E-state index is 10.7. The van der Waals surface area contributed by atoms with Gasteiger partial charge in [0.25, 0.3) is 5.69 Å². The second-order valence-electron chi connectivity index (χ2n) is 3.09. The number of benzene rings is 1. The largest absolute Gasteiger partial charge is 0.466 e. The molecule has 1 aromatic carbocycles. The molecule has 0 aliphatic carbocycles. The van der Waals surface area contributed by atoms with Gasteiger partial charge in [0.1, 0.15) is 5.75 Å². The first-order chi connectivity index (χ1) is 7.56. The van der Waals surface area contributed by atoms with Crippen molar-refractivity contribution in [2.24, 2.45) is 0 Å². The molecular weight excluding hydrogens is 278 g/mol. The number of halogens is 1. The highest BCUT2D eigenvalue weighted by atomic mass is 79.9. The van der Waals surface area contributed by atoms with Crippen molar-refractivity contribution < 1.29 is 14.4 Å². The minimum Gasteiger partial charge on any atom is -0.466 e. The summed E-state index contributed by atoms with van der Waals surface area (Å²) in [4.78, 5) is 10.2. The van der Waals surface area contributed by atoms with Crippen molar-refractivity contribution >= 4 is 21.6 Å². The average molecular weight is 290 g/mol. The summed E-state index contributed by atoms with van der Waals surface area (Å²) in [5, 5.41) is 10.7. The van der Waals surface area contributed by atoms with E-state index < -0.39 is 4.92 Å². The van der Waals surface area contributed by atoms with Gasteiger partial charge in [-0.1, -0.05) is 0 Å². The summed E-state index contributed by atoms with van der Waals surface area (Å²) in [5.41, 5.74) is 0.757. The third kappa shape index (κ3) is 3.18. The molecule has 0 amide bonds. The van der Waals surface area contributed by atoms with Gasteiger partial charge >= 0.3 is 0 Å². The van der Waals surface area contributed by atoms with Crippen molar-refractivity contribution in [3.8, 4) is 5.75 Å². The highest BCUT2D eigenvalue weighted by molar-refractivity contribution is 9.10. The van der Waals surface area contributed by atoms with Crippen LogP contribution < -0.4 is 4.74 Å². The van der Waals surface area contributed by atoms with Crippen molar-refractivity contribution in [2.75, 3.05) is 13.4 Å². The molecule has 0 saturated carbocycles. The van der Waals surface area contributed by atoms with Crippen LogP contribution in [-0.2, 0) is 4.74 Å². The smallest absolute Gasteiger partial charge is 0.273 e. The molecule has 0 N–H and O–H groups in total. The SMILES string of the molecule is CCOCOc1cc([N+](=O)[O-])cc(C)c1Br. The van der Waals surface area contributed by atoms with Crippen molar-refractivity contribution in [2.45, 2.75) is 13.8 Å².